The molecule has 0 fully saturated rings. The van der Waals surface area contributed by atoms with Crippen LogP contribution in [0.15, 0.2) is 29.5 Å². The third-order valence-electron chi connectivity index (χ3n) is 4.91. The van der Waals surface area contributed by atoms with Gasteiger partial charge in [-0.05, 0) is 39.3 Å². The number of ether oxygens (including phenoxy) is 3. The van der Waals surface area contributed by atoms with Crippen molar-refractivity contribution in [3.05, 3.63) is 45.6 Å². The minimum absolute atomic E-state index is 0.0709. The predicted octanol–water partition coefficient (Wildman–Crippen LogP) is 3.32. The molecule has 0 aromatic heterocycles. The fourth-order valence-electron chi connectivity index (χ4n) is 3.66. The van der Waals surface area contributed by atoms with E-state index in [1.165, 1.54) is 7.11 Å². The molecule has 3 unspecified atom stereocenters. The van der Waals surface area contributed by atoms with Crippen molar-refractivity contribution in [3.63, 3.8) is 0 Å². The van der Waals surface area contributed by atoms with E-state index < -0.39 is 23.8 Å². The molecular weight excluding hydrogens is 408 g/mol. The topological polar surface area (TPSA) is 97.7 Å². The Hall–Kier alpha value is -2.56. The van der Waals surface area contributed by atoms with E-state index in [4.69, 9.17) is 25.8 Å². The van der Waals surface area contributed by atoms with E-state index in [-0.39, 0.29) is 41.5 Å². The second-order valence-electron chi connectivity index (χ2n) is 7.41. The lowest BCUT2D eigenvalue weighted by molar-refractivity contribution is -0.154. The van der Waals surface area contributed by atoms with Crippen LogP contribution in [0, 0.1) is 17.2 Å². The van der Waals surface area contributed by atoms with Gasteiger partial charge in [-0.1, -0.05) is 23.7 Å². The van der Waals surface area contributed by atoms with Gasteiger partial charge in [0.2, 0.25) is 0 Å². The highest BCUT2D eigenvalue weighted by atomic mass is 35.5. The number of methoxy groups -OCH3 is 1. The summed E-state index contributed by atoms with van der Waals surface area (Å²) >= 11 is 6.52. The molecule has 1 heterocycles. The van der Waals surface area contributed by atoms with Crippen LogP contribution in [0.3, 0.4) is 0 Å². The summed E-state index contributed by atoms with van der Waals surface area (Å²) in [7, 11) is 1.51. The number of nitrogens with one attached hydrogen (secondary N) is 1. The summed E-state index contributed by atoms with van der Waals surface area (Å²) in [5, 5.41) is 12.8. The first-order valence-corrected chi connectivity index (χ1v) is 10.1. The maximum absolute atomic E-state index is 13.0. The first-order valence-electron chi connectivity index (χ1n) is 9.75. The number of nitriles is 1. The molecule has 1 aliphatic rings. The Balaban J connectivity index is 2.63. The van der Waals surface area contributed by atoms with Gasteiger partial charge in [0.25, 0.3) is 0 Å². The van der Waals surface area contributed by atoms with E-state index >= 15 is 0 Å². The molecule has 0 aliphatic carbocycles. The molecule has 3 atom stereocenters. The molecule has 0 radical (unpaired) electrons. The van der Waals surface area contributed by atoms with Gasteiger partial charge in [-0.15, -0.1) is 0 Å². The van der Waals surface area contributed by atoms with E-state index in [0.29, 0.717) is 11.3 Å². The molecule has 1 aliphatic heterocycles. The van der Waals surface area contributed by atoms with Crippen molar-refractivity contribution in [1.82, 2.24) is 5.32 Å². The van der Waals surface area contributed by atoms with Crippen LogP contribution in [-0.2, 0) is 23.8 Å². The van der Waals surface area contributed by atoms with Gasteiger partial charge < -0.3 is 19.5 Å². The van der Waals surface area contributed by atoms with E-state index in [1.807, 2.05) is 13.0 Å². The third kappa shape index (κ3) is 5.13. The molecule has 30 heavy (non-hydrogen) atoms. The van der Waals surface area contributed by atoms with Crippen molar-refractivity contribution >= 4 is 23.5 Å². The first kappa shape index (κ1) is 23.7. The van der Waals surface area contributed by atoms with Crippen LogP contribution in [0.5, 0.6) is 0 Å². The Kier molecular flexibility index (Phi) is 8.27. The summed E-state index contributed by atoms with van der Waals surface area (Å²) < 4.78 is 15.8. The number of hydrogen-bond acceptors (Lipinski definition) is 7. The van der Waals surface area contributed by atoms with Gasteiger partial charge >= 0.3 is 11.9 Å². The highest BCUT2D eigenvalue weighted by Crippen LogP contribution is 2.43. The van der Waals surface area contributed by atoms with E-state index in [2.05, 4.69) is 5.32 Å². The molecule has 0 bridgehead atoms. The largest absolute Gasteiger partial charge is 0.463 e. The summed E-state index contributed by atoms with van der Waals surface area (Å²) in [6, 6.07) is 6.70. The van der Waals surface area contributed by atoms with Crippen LogP contribution in [-0.4, -0.2) is 44.4 Å². The Morgan fingerprint density at radius 3 is 2.60 bits per heavy atom. The lowest BCUT2D eigenvalue weighted by Crippen LogP contribution is -2.48. The van der Waals surface area contributed by atoms with E-state index in [0.717, 1.165) is 0 Å². The van der Waals surface area contributed by atoms with Gasteiger partial charge in [0.05, 0.1) is 34.8 Å². The molecule has 2 rings (SSSR count). The van der Waals surface area contributed by atoms with Crippen molar-refractivity contribution in [3.8, 4) is 6.07 Å². The Labute approximate surface area is 181 Å². The molecule has 0 saturated carbocycles. The molecular formula is C22H27ClN2O5. The molecule has 1 aromatic rings. The number of esters is 2. The van der Waals surface area contributed by atoms with Crippen molar-refractivity contribution in [2.24, 2.45) is 5.92 Å². The van der Waals surface area contributed by atoms with Gasteiger partial charge in [0.15, 0.2) is 0 Å². The van der Waals surface area contributed by atoms with Crippen LogP contribution in [0.2, 0.25) is 5.02 Å². The number of allylic oxidation sites excluding steroid dienone is 1. The molecule has 8 heteroatoms. The molecule has 0 spiro atoms. The fourth-order valence-corrected chi connectivity index (χ4v) is 3.95. The first-order chi connectivity index (χ1) is 14.2. The SMILES string of the molecule is COCCOC(=O)C1=C(C)NC(C)C(C(=O)OC(C)C)C1c1cccc(C#N)c1Cl. The van der Waals surface area contributed by atoms with Crippen LogP contribution < -0.4 is 5.32 Å². The normalized spacial score (nSPS) is 21.1. The molecule has 0 saturated heterocycles. The fraction of sp³-hybridized carbons (Fsp3) is 0.500. The quantitative estimate of drug-likeness (QED) is 0.519. The van der Waals surface area contributed by atoms with Gasteiger partial charge in [0.1, 0.15) is 12.7 Å². The van der Waals surface area contributed by atoms with Gasteiger partial charge in [-0.25, -0.2) is 4.79 Å². The molecule has 1 N–H and O–H groups in total. The minimum atomic E-state index is -0.743. The molecule has 0 amide bonds. The van der Waals surface area contributed by atoms with Crippen molar-refractivity contribution in [2.75, 3.05) is 20.3 Å². The summed E-state index contributed by atoms with van der Waals surface area (Å²) in [6.07, 6.45) is -0.324. The number of nitrogens with zero attached hydrogens (tertiary/aromatic N) is 1. The summed E-state index contributed by atoms with van der Waals surface area (Å²) in [5.41, 5.74) is 1.64. The summed E-state index contributed by atoms with van der Waals surface area (Å²) in [5.74, 6) is -2.51. The Morgan fingerprint density at radius 2 is 2.00 bits per heavy atom. The number of hydrogen-bond donors (Lipinski definition) is 1. The zero-order valence-electron chi connectivity index (χ0n) is 17.8. The maximum Gasteiger partial charge on any atom is 0.336 e. The highest BCUT2D eigenvalue weighted by molar-refractivity contribution is 6.32. The average Bonchev–Trinajstić information content (AvgIpc) is 2.67. The van der Waals surface area contributed by atoms with Gasteiger partial charge in [-0.2, -0.15) is 5.26 Å². The number of carbonyl (C=O) groups excluding carboxylic acids is 2. The molecule has 1 aromatic carbocycles. The second-order valence-corrected chi connectivity index (χ2v) is 7.79. The Bertz CT molecular complexity index is 875. The smallest absolute Gasteiger partial charge is 0.336 e. The van der Waals surface area contributed by atoms with Gasteiger partial charge in [-0.3, -0.25) is 4.79 Å². The number of benzene rings is 1. The number of rotatable bonds is 7. The highest BCUT2D eigenvalue weighted by Gasteiger charge is 2.45. The van der Waals surface area contributed by atoms with Crippen LogP contribution in [0.1, 0.15) is 44.7 Å². The lowest BCUT2D eigenvalue weighted by Gasteiger charge is -2.38. The van der Waals surface area contributed by atoms with E-state index in [1.54, 1.807) is 39.0 Å². The predicted molar refractivity (Wildman–Crippen MR) is 112 cm³/mol. The number of halogens is 1. The standard InChI is InChI=1S/C22H27ClN2O5/c1-12(2)30-22(27)18-14(4)25-13(3)17(21(26)29-10-9-28-5)19(18)16-8-6-7-15(11-24)20(16)23/h6-8,12,14,18-19,25H,9-10H2,1-5H3. The van der Waals surface area contributed by atoms with Crippen molar-refractivity contribution in [1.29, 1.82) is 5.26 Å². The summed E-state index contributed by atoms with van der Waals surface area (Å²) in [4.78, 5) is 26.0. The molecule has 7 nitrogen and oxygen atoms in total. The number of carbonyl (C=O) groups is 2. The zero-order chi connectivity index (χ0) is 22.4. The Morgan fingerprint density at radius 1 is 1.30 bits per heavy atom. The van der Waals surface area contributed by atoms with Gasteiger partial charge in [0, 0.05) is 24.8 Å². The van der Waals surface area contributed by atoms with Crippen LogP contribution in [0.25, 0.3) is 0 Å². The maximum atomic E-state index is 13.0. The monoisotopic (exact) mass is 434 g/mol. The second kappa shape index (κ2) is 10.5. The van der Waals surface area contributed by atoms with Crippen molar-refractivity contribution in [2.45, 2.75) is 45.8 Å². The van der Waals surface area contributed by atoms with Crippen LogP contribution >= 0.6 is 11.6 Å². The van der Waals surface area contributed by atoms with Crippen LogP contribution in [0.4, 0.5) is 0 Å². The lowest BCUT2D eigenvalue weighted by atomic mass is 9.73. The van der Waals surface area contributed by atoms with Crippen molar-refractivity contribution < 1.29 is 23.8 Å². The minimum Gasteiger partial charge on any atom is -0.463 e. The molecule has 162 valence electrons. The zero-order valence-corrected chi connectivity index (χ0v) is 18.6. The summed E-state index contributed by atoms with van der Waals surface area (Å²) in [6.45, 7) is 7.44. The third-order valence-corrected chi connectivity index (χ3v) is 5.33. The van der Waals surface area contributed by atoms with E-state index in [9.17, 15) is 14.9 Å². The average molecular weight is 435 g/mol.